The molecule has 1 N–H and O–H groups in total. The Morgan fingerprint density at radius 1 is 1.14 bits per heavy atom. The summed E-state index contributed by atoms with van der Waals surface area (Å²) in [7, 11) is 0. The quantitative estimate of drug-likeness (QED) is 0.260. The second-order valence-electron chi connectivity index (χ2n) is 10.7. The third-order valence-electron chi connectivity index (χ3n) is 7.74. The average Bonchev–Trinajstić information content (AvgIpc) is 3.32. The number of carboxylic acids is 1. The lowest BCUT2D eigenvalue weighted by Gasteiger charge is -2.32. The molecular weight excluding hydrogens is 577 g/mol. The first-order chi connectivity index (χ1) is 20.9. The van der Waals surface area contributed by atoms with Gasteiger partial charge in [0, 0.05) is 19.7 Å². The largest absolute Gasteiger partial charge is 0.486 e. The number of fused-ring (bicyclic) bond motifs is 1. The van der Waals surface area contributed by atoms with Crippen molar-refractivity contribution in [1.82, 2.24) is 19.4 Å². The maximum absolute atomic E-state index is 14.6. The SMILES string of the molecule is N#Cc1ccc(OCc2ccc(F)c(OC3CCN(Cc4nc5ccc(C(=O)O)cc5n4C[C@@H]4CCO4)CC3)n2)c(Cl)c1. The molecule has 12 heteroatoms. The van der Waals surface area contributed by atoms with Gasteiger partial charge >= 0.3 is 5.97 Å². The van der Waals surface area contributed by atoms with Gasteiger partial charge in [0.15, 0.2) is 5.82 Å². The highest BCUT2D eigenvalue weighted by atomic mass is 35.5. The molecule has 10 nitrogen and oxygen atoms in total. The number of nitrogens with zero attached hydrogens (tertiary/aromatic N) is 5. The van der Waals surface area contributed by atoms with E-state index in [1.54, 1.807) is 30.3 Å². The van der Waals surface area contributed by atoms with Gasteiger partial charge in [-0.25, -0.2) is 19.2 Å². The van der Waals surface area contributed by atoms with Gasteiger partial charge in [0.05, 0.1) is 58.1 Å². The molecule has 2 aliphatic rings. The van der Waals surface area contributed by atoms with E-state index < -0.39 is 11.8 Å². The first-order valence-electron chi connectivity index (χ1n) is 14.1. The number of benzene rings is 2. The molecule has 2 aliphatic heterocycles. The second-order valence-corrected chi connectivity index (χ2v) is 11.1. The fourth-order valence-electron chi connectivity index (χ4n) is 5.27. The summed E-state index contributed by atoms with van der Waals surface area (Å²) in [5.74, 6) is -0.331. The number of ether oxygens (including phenoxy) is 3. The molecule has 43 heavy (non-hydrogen) atoms. The van der Waals surface area contributed by atoms with E-state index in [1.807, 2.05) is 6.07 Å². The Morgan fingerprint density at radius 3 is 2.65 bits per heavy atom. The van der Waals surface area contributed by atoms with Crippen LogP contribution in [0.5, 0.6) is 11.6 Å². The highest BCUT2D eigenvalue weighted by molar-refractivity contribution is 6.32. The first kappa shape index (κ1) is 28.9. The predicted molar refractivity (Wildman–Crippen MR) is 155 cm³/mol. The van der Waals surface area contributed by atoms with Crippen molar-refractivity contribution in [3.05, 3.63) is 82.0 Å². The number of halogens is 2. The number of rotatable bonds is 10. The number of nitriles is 1. The molecule has 0 amide bonds. The van der Waals surface area contributed by atoms with Gasteiger partial charge in [0.25, 0.3) is 5.88 Å². The smallest absolute Gasteiger partial charge is 0.335 e. The van der Waals surface area contributed by atoms with Crippen LogP contribution in [-0.4, -0.2) is 62.4 Å². The summed E-state index contributed by atoms with van der Waals surface area (Å²) in [6.45, 7) is 3.44. The molecule has 2 saturated heterocycles. The maximum Gasteiger partial charge on any atom is 0.335 e. The van der Waals surface area contributed by atoms with Crippen molar-refractivity contribution < 1.29 is 28.5 Å². The fourth-order valence-corrected chi connectivity index (χ4v) is 5.50. The zero-order chi connectivity index (χ0) is 29.9. The first-order valence-corrected chi connectivity index (χ1v) is 14.4. The minimum absolute atomic E-state index is 0.0571. The summed E-state index contributed by atoms with van der Waals surface area (Å²) >= 11 is 6.18. The topological polar surface area (TPSA) is 123 Å². The Morgan fingerprint density at radius 2 is 1.95 bits per heavy atom. The lowest BCUT2D eigenvalue weighted by atomic mass is 10.1. The number of hydrogen-bond acceptors (Lipinski definition) is 8. The summed E-state index contributed by atoms with van der Waals surface area (Å²) in [6, 6.07) is 14.6. The molecule has 1 atom stereocenters. The van der Waals surface area contributed by atoms with Gasteiger partial charge < -0.3 is 23.9 Å². The lowest BCUT2D eigenvalue weighted by Crippen LogP contribution is -2.39. The summed E-state index contributed by atoms with van der Waals surface area (Å²) in [6.07, 6.45) is 2.20. The van der Waals surface area contributed by atoms with Crippen LogP contribution in [0.2, 0.25) is 5.02 Å². The third kappa shape index (κ3) is 6.57. The van der Waals surface area contributed by atoms with Crippen LogP contribution in [0.1, 0.15) is 46.7 Å². The third-order valence-corrected chi connectivity index (χ3v) is 8.04. The van der Waals surface area contributed by atoms with Gasteiger partial charge in [0.1, 0.15) is 24.3 Å². The Labute approximate surface area is 252 Å². The molecule has 0 saturated carbocycles. The zero-order valence-electron chi connectivity index (χ0n) is 23.2. The summed E-state index contributed by atoms with van der Waals surface area (Å²) in [5.41, 5.74) is 2.67. The van der Waals surface area contributed by atoms with E-state index in [1.165, 1.54) is 18.2 Å². The monoisotopic (exact) mass is 605 g/mol. The molecule has 0 radical (unpaired) electrons. The average molecular weight is 606 g/mol. The molecule has 4 heterocycles. The number of hydrogen-bond donors (Lipinski definition) is 1. The molecular formula is C31H29ClFN5O5. The van der Waals surface area contributed by atoms with Crippen LogP contribution in [0.15, 0.2) is 48.5 Å². The van der Waals surface area contributed by atoms with Gasteiger partial charge in [-0.3, -0.25) is 4.90 Å². The Hall–Kier alpha value is -4.24. The number of piperidine rings is 1. The Kier molecular flexibility index (Phi) is 8.42. The summed E-state index contributed by atoms with van der Waals surface area (Å²) in [5, 5.41) is 18.8. The molecule has 4 aromatic rings. The molecule has 2 aromatic heterocycles. The summed E-state index contributed by atoms with van der Waals surface area (Å²) < 4.78 is 34.1. The normalized spacial score (nSPS) is 17.4. The van der Waals surface area contributed by atoms with Gasteiger partial charge in [-0.05, 0) is 67.8 Å². The van der Waals surface area contributed by atoms with Crippen LogP contribution in [0.4, 0.5) is 4.39 Å². The van der Waals surface area contributed by atoms with Crippen molar-refractivity contribution in [2.24, 2.45) is 0 Å². The second kappa shape index (κ2) is 12.6. The molecule has 0 unspecified atom stereocenters. The number of aromatic nitrogens is 3. The molecule has 222 valence electrons. The number of pyridine rings is 1. The molecule has 6 rings (SSSR count). The van der Waals surface area contributed by atoms with Gasteiger partial charge in [0.2, 0.25) is 0 Å². The van der Waals surface area contributed by atoms with Crippen LogP contribution < -0.4 is 9.47 Å². The standard InChI is InChI=1S/C31H29ClFN5O5/c32-24-13-19(15-34)1-6-28(24)42-18-21-3-4-25(33)30(35-21)43-22-7-10-37(11-8-22)17-29-36-26-5-2-20(31(39)40)14-27(26)38(29)16-23-9-12-41-23/h1-6,13-14,22-23H,7-12,16-18H2,(H,39,40)/t23-/m0/s1. The van der Waals surface area contributed by atoms with E-state index in [0.717, 1.165) is 43.0 Å². The van der Waals surface area contributed by atoms with Gasteiger partial charge in [-0.15, -0.1) is 0 Å². The molecule has 2 aromatic carbocycles. The number of aromatic carboxylic acids is 1. The van der Waals surface area contributed by atoms with Gasteiger partial charge in [-0.2, -0.15) is 5.26 Å². The summed E-state index contributed by atoms with van der Waals surface area (Å²) in [4.78, 5) is 23.0. The zero-order valence-corrected chi connectivity index (χ0v) is 24.0. The number of imidazole rings is 1. The Balaban J connectivity index is 1.08. The number of carboxylic acid groups (broad SMARTS) is 1. The van der Waals surface area contributed by atoms with Crippen LogP contribution in [0, 0.1) is 17.1 Å². The van der Waals surface area contributed by atoms with E-state index in [2.05, 4.69) is 14.5 Å². The highest BCUT2D eigenvalue weighted by Crippen LogP contribution is 2.28. The molecule has 2 fully saturated rings. The molecule has 0 aliphatic carbocycles. The number of carbonyl (C=O) groups is 1. The van der Waals surface area contributed by atoms with Crippen molar-refractivity contribution >= 4 is 28.6 Å². The maximum atomic E-state index is 14.6. The van der Waals surface area contributed by atoms with Crippen LogP contribution >= 0.6 is 11.6 Å². The lowest BCUT2D eigenvalue weighted by molar-refractivity contribution is -0.0592. The van der Waals surface area contributed by atoms with Crippen LogP contribution in [0.25, 0.3) is 11.0 Å². The van der Waals surface area contributed by atoms with Crippen LogP contribution in [0.3, 0.4) is 0 Å². The van der Waals surface area contributed by atoms with Crippen molar-refractivity contribution in [2.45, 2.75) is 51.2 Å². The minimum Gasteiger partial charge on any atom is -0.486 e. The van der Waals surface area contributed by atoms with E-state index in [4.69, 9.17) is 36.1 Å². The fraction of sp³-hybridized carbons (Fsp3) is 0.355. The molecule has 0 spiro atoms. The highest BCUT2D eigenvalue weighted by Gasteiger charge is 2.26. The van der Waals surface area contributed by atoms with E-state index in [9.17, 15) is 14.3 Å². The predicted octanol–water partition coefficient (Wildman–Crippen LogP) is 5.20. The van der Waals surface area contributed by atoms with Crippen molar-refractivity contribution in [2.75, 3.05) is 19.7 Å². The Bertz CT molecular complexity index is 1690. The van der Waals surface area contributed by atoms with Crippen molar-refractivity contribution in [3.63, 3.8) is 0 Å². The van der Waals surface area contributed by atoms with E-state index in [0.29, 0.717) is 48.0 Å². The van der Waals surface area contributed by atoms with Crippen LogP contribution in [-0.2, 0) is 24.4 Å². The molecule has 0 bridgehead atoms. The number of likely N-dealkylation sites (tertiary alicyclic amines) is 1. The minimum atomic E-state index is -0.974. The van der Waals surface area contributed by atoms with Gasteiger partial charge in [-0.1, -0.05) is 11.6 Å². The van der Waals surface area contributed by atoms with E-state index in [-0.39, 0.29) is 30.3 Å². The van der Waals surface area contributed by atoms with E-state index >= 15 is 0 Å². The van der Waals surface area contributed by atoms with Crippen molar-refractivity contribution in [1.29, 1.82) is 5.26 Å². The van der Waals surface area contributed by atoms with Crippen molar-refractivity contribution in [3.8, 4) is 17.7 Å².